The number of nitrogens with one attached hydrogen (secondary N) is 2. The number of aryl methyl sites for hydroxylation is 3. The summed E-state index contributed by atoms with van der Waals surface area (Å²) >= 11 is 0. The topological polar surface area (TPSA) is 70.7 Å². The van der Waals surface area contributed by atoms with E-state index in [9.17, 15) is 9.59 Å². The van der Waals surface area contributed by atoms with Crippen LogP contribution in [0.1, 0.15) is 22.3 Å². The molecule has 0 atom stereocenters. The lowest BCUT2D eigenvalue weighted by Crippen LogP contribution is -2.41. The van der Waals surface area contributed by atoms with Gasteiger partial charge in [-0.25, -0.2) is 10.3 Å². The lowest BCUT2D eigenvalue weighted by Gasteiger charge is -2.18. The van der Waals surface area contributed by atoms with Crippen LogP contribution in [0.15, 0.2) is 42.5 Å². The summed E-state index contributed by atoms with van der Waals surface area (Å²) < 4.78 is 0. The van der Waals surface area contributed by atoms with Gasteiger partial charge in [0.25, 0.3) is 0 Å². The minimum Gasteiger partial charge on any atom is -0.324 e. The van der Waals surface area contributed by atoms with Crippen LogP contribution in [0.2, 0.25) is 0 Å². The van der Waals surface area contributed by atoms with Crippen molar-refractivity contribution in [1.29, 1.82) is 0 Å². The fourth-order valence-corrected chi connectivity index (χ4v) is 2.68. The standard InChI is InChI=1S/C20H25N3O3/c1-14-10-15(2)19(16(3)11-14)21-18(24)12-23(4)20(25)22-26-13-17-8-6-5-7-9-17/h5-11H,12-13H2,1-4H3,(H,21,24)(H,22,25). The Balaban J connectivity index is 1.82. The number of carbonyl (C=O) groups excluding carboxylic acids is 2. The highest BCUT2D eigenvalue weighted by molar-refractivity contribution is 5.95. The minimum atomic E-state index is -0.478. The highest BCUT2D eigenvalue weighted by Gasteiger charge is 2.14. The number of nitrogens with zero attached hydrogens (tertiary/aromatic N) is 1. The van der Waals surface area contributed by atoms with E-state index in [1.54, 1.807) is 0 Å². The van der Waals surface area contributed by atoms with Crippen molar-refractivity contribution >= 4 is 17.6 Å². The van der Waals surface area contributed by atoms with Crippen LogP contribution in [-0.4, -0.2) is 30.4 Å². The summed E-state index contributed by atoms with van der Waals surface area (Å²) in [6.07, 6.45) is 0. The minimum absolute atomic E-state index is 0.0761. The SMILES string of the molecule is Cc1cc(C)c(NC(=O)CN(C)C(=O)NOCc2ccccc2)c(C)c1. The van der Waals surface area contributed by atoms with Crippen molar-refractivity contribution in [2.45, 2.75) is 27.4 Å². The number of hydrogen-bond acceptors (Lipinski definition) is 3. The van der Waals surface area contributed by atoms with Crippen LogP contribution in [0.25, 0.3) is 0 Å². The number of anilines is 1. The Morgan fingerprint density at radius 1 is 1.04 bits per heavy atom. The number of benzene rings is 2. The fourth-order valence-electron chi connectivity index (χ4n) is 2.68. The first-order valence-corrected chi connectivity index (χ1v) is 8.41. The number of amides is 3. The first kappa shape index (κ1) is 19.5. The Kier molecular flexibility index (Phi) is 6.74. The van der Waals surface area contributed by atoms with Gasteiger partial charge >= 0.3 is 6.03 Å². The van der Waals surface area contributed by atoms with Crippen molar-refractivity contribution in [2.24, 2.45) is 0 Å². The van der Waals surface area contributed by atoms with Gasteiger partial charge in [-0.05, 0) is 37.5 Å². The molecule has 0 saturated carbocycles. The van der Waals surface area contributed by atoms with E-state index < -0.39 is 6.03 Å². The largest absolute Gasteiger partial charge is 0.341 e. The third-order valence-electron chi connectivity index (χ3n) is 3.91. The van der Waals surface area contributed by atoms with E-state index in [0.29, 0.717) is 0 Å². The molecule has 6 heteroatoms. The van der Waals surface area contributed by atoms with E-state index in [4.69, 9.17) is 4.84 Å². The number of urea groups is 1. The van der Waals surface area contributed by atoms with Gasteiger partial charge in [-0.15, -0.1) is 0 Å². The molecule has 26 heavy (non-hydrogen) atoms. The normalized spacial score (nSPS) is 10.3. The van der Waals surface area contributed by atoms with Crippen LogP contribution in [0.4, 0.5) is 10.5 Å². The molecule has 0 heterocycles. The fraction of sp³-hybridized carbons (Fsp3) is 0.300. The van der Waals surface area contributed by atoms with Gasteiger partial charge in [0.2, 0.25) is 5.91 Å². The number of hydrogen-bond donors (Lipinski definition) is 2. The molecule has 0 spiro atoms. The zero-order valence-corrected chi connectivity index (χ0v) is 15.6. The van der Waals surface area contributed by atoms with Gasteiger partial charge in [0.15, 0.2) is 0 Å². The summed E-state index contributed by atoms with van der Waals surface area (Å²) in [6.45, 7) is 6.09. The third-order valence-corrected chi connectivity index (χ3v) is 3.91. The van der Waals surface area contributed by atoms with Gasteiger partial charge < -0.3 is 10.2 Å². The van der Waals surface area contributed by atoms with E-state index in [0.717, 1.165) is 27.9 Å². The molecule has 3 amide bonds. The molecule has 138 valence electrons. The zero-order valence-electron chi connectivity index (χ0n) is 15.6. The van der Waals surface area contributed by atoms with Crippen LogP contribution in [0.3, 0.4) is 0 Å². The predicted octanol–water partition coefficient (Wildman–Crippen LogP) is 3.32. The molecule has 0 aliphatic heterocycles. The Bertz CT molecular complexity index is 752. The molecule has 0 aromatic heterocycles. The molecule has 2 aromatic rings. The highest BCUT2D eigenvalue weighted by atomic mass is 16.7. The second kappa shape index (κ2) is 9.01. The second-order valence-electron chi connectivity index (χ2n) is 6.36. The molecule has 0 saturated heterocycles. The average molecular weight is 355 g/mol. The molecule has 2 N–H and O–H groups in total. The van der Waals surface area contributed by atoms with Gasteiger partial charge in [0.05, 0.1) is 6.61 Å². The van der Waals surface area contributed by atoms with Crippen LogP contribution in [0, 0.1) is 20.8 Å². The van der Waals surface area contributed by atoms with Gasteiger partial charge in [-0.3, -0.25) is 9.63 Å². The van der Waals surface area contributed by atoms with Gasteiger partial charge in [0, 0.05) is 12.7 Å². The van der Waals surface area contributed by atoms with Crippen molar-refractivity contribution < 1.29 is 14.4 Å². The number of likely N-dealkylation sites (N-methyl/N-ethyl adjacent to an activating group) is 1. The van der Waals surface area contributed by atoms with E-state index in [2.05, 4.69) is 10.8 Å². The summed E-state index contributed by atoms with van der Waals surface area (Å²) in [5, 5.41) is 2.87. The molecule has 2 rings (SSSR count). The van der Waals surface area contributed by atoms with E-state index in [1.807, 2.05) is 63.2 Å². The van der Waals surface area contributed by atoms with E-state index in [-0.39, 0.29) is 19.1 Å². The number of carbonyl (C=O) groups is 2. The lowest BCUT2D eigenvalue weighted by molar-refractivity contribution is -0.116. The summed E-state index contributed by atoms with van der Waals surface area (Å²) in [6, 6.07) is 13.0. The van der Waals surface area contributed by atoms with Crippen molar-refractivity contribution in [1.82, 2.24) is 10.4 Å². The molecule has 6 nitrogen and oxygen atoms in total. The molecule has 0 aliphatic carbocycles. The first-order valence-electron chi connectivity index (χ1n) is 8.41. The molecule has 0 radical (unpaired) electrons. The molecule has 2 aromatic carbocycles. The number of hydroxylamine groups is 1. The maximum Gasteiger partial charge on any atom is 0.341 e. The van der Waals surface area contributed by atoms with Crippen LogP contribution >= 0.6 is 0 Å². The highest BCUT2D eigenvalue weighted by Crippen LogP contribution is 2.21. The summed E-state index contributed by atoms with van der Waals surface area (Å²) in [5.74, 6) is -0.263. The third kappa shape index (κ3) is 5.60. The van der Waals surface area contributed by atoms with Crippen LogP contribution in [-0.2, 0) is 16.2 Å². The summed E-state index contributed by atoms with van der Waals surface area (Å²) in [4.78, 5) is 30.7. The van der Waals surface area contributed by atoms with Crippen molar-refractivity contribution in [3.05, 3.63) is 64.7 Å². The van der Waals surface area contributed by atoms with Gasteiger partial charge in [-0.1, -0.05) is 48.0 Å². The van der Waals surface area contributed by atoms with E-state index >= 15 is 0 Å². The quantitative estimate of drug-likeness (QED) is 0.781. The van der Waals surface area contributed by atoms with Crippen molar-refractivity contribution in [2.75, 3.05) is 18.9 Å². The van der Waals surface area contributed by atoms with Gasteiger partial charge in [-0.2, -0.15) is 0 Å². The predicted molar refractivity (Wildman–Crippen MR) is 102 cm³/mol. The smallest absolute Gasteiger partial charge is 0.324 e. The Hall–Kier alpha value is -2.86. The molecule has 0 fully saturated rings. The van der Waals surface area contributed by atoms with Crippen molar-refractivity contribution in [3.63, 3.8) is 0 Å². The molecule has 0 unspecified atom stereocenters. The molecule has 0 bridgehead atoms. The maximum atomic E-state index is 12.2. The Morgan fingerprint density at radius 3 is 2.27 bits per heavy atom. The average Bonchev–Trinajstić information content (AvgIpc) is 2.59. The maximum absolute atomic E-state index is 12.2. The molecular weight excluding hydrogens is 330 g/mol. The number of rotatable bonds is 6. The van der Waals surface area contributed by atoms with Crippen LogP contribution in [0.5, 0.6) is 0 Å². The van der Waals surface area contributed by atoms with E-state index in [1.165, 1.54) is 11.9 Å². The zero-order chi connectivity index (χ0) is 19.1. The Labute approximate surface area is 154 Å². The summed E-state index contributed by atoms with van der Waals surface area (Å²) in [5.41, 5.74) is 7.20. The summed E-state index contributed by atoms with van der Waals surface area (Å²) in [7, 11) is 1.54. The van der Waals surface area contributed by atoms with Gasteiger partial charge in [0.1, 0.15) is 6.54 Å². The second-order valence-corrected chi connectivity index (χ2v) is 6.36. The first-order chi connectivity index (χ1) is 12.4. The van der Waals surface area contributed by atoms with Crippen LogP contribution < -0.4 is 10.8 Å². The monoisotopic (exact) mass is 355 g/mol. The Morgan fingerprint density at radius 2 is 1.65 bits per heavy atom. The molecular formula is C20H25N3O3. The van der Waals surface area contributed by atoms with Crippen molar-refractivity contribution in [3.8, 4) is 0 Å². The lowest BCUT2D eigenvalue weighted by atomic mass is 10.1. The molecule has 0 aliphatic rings.